The van der Waals surface area contributed by atoms with Crippen molar-refractivity contribution in [3.63, 3.8) is 0 Å². The Morgan fingerprint density at radius 2 is 0.639 bits per heavy atom. The zero-order valence-corrected chi connectivity index (χ0v) is 41.1. The topological polar surface area (TPSA) is 6.48 Å². The first-order valence-corrected chi connectivity index (χ1v) is 25.2. The molecule has 0 bridgehead atoms. The van der Waals surface area contributed by atoms with E-state index in [4.69, 9.17) is 0 Å². The van der Waals surface area contributed by atoms with Crippen LogP contribution in [0, 0.1) is 0 Å². The Morgan fingerprint density at radius 1 is 0.236 bits per heavy atom. The Labute approximate surface area is 423 Å². The van der Waals surface area contributed by atoms with Gasteiger partial charge in [0.25, 0.3) is 0 Å². The molecule has 11 aromatic carbocycles. The molecule has 11 aromatic rings. The third-order valence-electron chi connectivity index (χ3n) is 15.7. The lowest BCUT2D eigenvalue weighted by atomic mass is 9.82. The summed E-state index contributed by atoms with van der Waals surface area (Å²) in [5.74, 6) is 0. The van der Waals surface area contributed by atoms with Crippen molar-refractivity contribution in [1.29, 1.82) is 0 Å². The maximum absolute atomic E-state index is 2.47. The highest BCUT2D eigenvalue weighted by molar-refractivity contribution is 6.07. The summed E-state index contributed by atoms with van der Waals surface area (Å²) in [6.45, 7) is 9.45. The Kier molecular flexibility index (Phi) is 10.2. The highest BCUT2D eigenvalue weighted by Gasteiger charge is 2.37. The normalized spacial score (nSPS) is 13.5. The van der Waals surface area contributed by atoms with Crippen LogP contribution in [0.4, 0.5) is 34.1 Å². The molecule has 13 rings (SSSR count). The second-order valence-electron chi connectivity index (χ2n) is 20.5. The van der Waals surface area contributed by atoms with E-state index in [1.165, 1.54) is 88.7 Å². The summed E-state index contributed by atoms with van der Waals surface area (Å²) in [5, 5.41) is 2.39. The molecular formula is C70H54N2. The fraction of sp³-hybridized carbons (Fsp3) is 0.0857. The molecule has 0 radical (unpaired) electrons. The van der Waals surface area contributed by atoms with Gasteiger partial charge < -0.3 is 9.80 Å². The first-order chi connectivity index (χ1) is 35.2. The van der Waals surface area contributed by atoms with Gasteiger partial charge in [-0.15, -0.1) is 0 Å². The van der Waals surface area contributed by atoms with Crippen LogP contribution in [0.15, 0.2) is 255 Å². The fourth-order valence-electron chi connectivity index (χ4n) is 12.0. The first kappa shape index (κ1) is 43.3. The molecule has 2 aliphatic rings. The molecule has 0 unspecified atom stereocenters. The largest absolute Gasteiger partial charge is 0.310 e. The van der Waals surface area contributed by atoms with Gasteiger partial charge in [-0.3, -0.25) is 0 Å². The quantitative estimate of drug-likeness (QED) is 0.142. The maximum Gasteiger partial charge on any atom is 0.0540 e. The molecule has 2 nitrogen and oxygen atoms in total. The van der Waals surface area contributed by atoms with Crippen molar-refractivity contribution in [3.05, 3.63) is 277 Å². The van der Waals surface area contributed by atoms with Crippen LogP contribution < -0.4 is 9.80 Å². The van der Waals surface area contributed by atoms with Gasteiger partial charge in [0, 0.05) is 44.7 Å². The average Bonchev–Trinajstić information content (AvgIpc) is 3.80. The molecular weight excluding hydrogens is 869 g/mol. The molecule has 344 valence electrons. The molecule has 0 amide bonds. The van der Waals surface area contributed by atoms with E-state index < -0.39 is 0 Å². The average molecular weight is 923 g/mol. The van der Waals surface area contributed by atoms with Crippen molar-refractivity contribution in [2.24, 2.45) is 0 Å². The van der Waals surface area contributed by atoms with Crippen LogP contribution >= 0.6 is 0 Å². The van der Waals surface area contributed by atoms with E-state index >= 15 is 0 Å². The molecule has 0 aliphatic heterocycles. The summed E-state index contributed by atoms with van der Waals surface area (Å²) in [6.07, 6.45) is 0. The first-order valence-electron chi connectivity index (χ1n) is 25.2. The highest BCUT2D eigenvalue weighted by Crippen LogP contribution is 2.53. The van der Waals surface area contributed by atoms with E-state index in [9.17, 15) is 0 Å². The van der Waals surface area contributed by atoms with Gasteiger partial charge in [-0.2, -0.15) is 0 Å². The summed E-state index contributed by atoms with van der Waals surface area (Å²) in [4.78, 5) is 4.90. The Morgan fingerprint density at radius 3 is 1.19 bits per heavy atom. The van der Waals surface area contributed by atoms with E-state index in [0.717, 1.165) is 34.1 Å². The summed E-state index contributed by atoms with van der Waals surface area (Å²) in [7, 11) is 0. The number of rotatable bonds is 9. The molecule has 2 aliphatic carbocycles. The highest BCUT2D eigenvalue weighted by atomic mass is 15.1. The van der Waals surface area contributed by atoms with Crippen LogP contribution in [0.1, 0.15) is 49.9 Å². The molecule has 72 heavy (non-hydrogen) atoms. The summed E-state index contributed by atoms with van der Waals surface area (Å²) in [6, 6.07) is 94.1. The number of nitrogens with zero attached hydrogens (tertiary/aromatic N) is 2. The number of fused-ring (bicyclic) bond motifs is 7. The molecule has 0 heterocycles. The summed E-state index contributed by atoms with van der Waals surface area (Å²) in [5.41, 5.74) is 24.3. The molecule has 0 spiro atoms. The Hall–Kier alpha value is -8.72. The van der Waals surface area contributed by atoms with Gasteiger partial charge in [-0.1, -0.05) is 216 Å². The molecule has 0 saturated heterocycles. The predicted octanol–water partition coefficient (Wildman–Crippen LogP) is 19.4. The molecule has 0 aromatic heterocycles. The molecule has 0 saturated carbocycles. The summed E-state index contributed by atoms with van der Waals surface area (Å²) >= 11 is 0. The molecule has 0 fully saturated rings. The van der Waals surface area contributed by atoms with Crippen LogP contribution in [-0.4, -0.2) is 0 Å². The standard InChI is InChI=1S/C70H54N2/c1-69(2)64-31-15-13-28-59(64)61-39-37-55(45-66(61)69)71(53-25-17-23-50(43-53)47-19-7-5-8-20-47)52-35-33-49(34-36-52)57-41-42-68(63-30-12-11-27-58(57)63)72(54-26-18-24-51(44-54)48-21-9-6-10-22-48)56-38-40-62-60-29-14-16-32-65(60)70(3,4)67(62)46-56/h5-46H,1-4H3. The van der Waals surface area contributed by atoms with Gasteiger partial charge in [0.05, 0.1) is 5.69 Å². The van der Waals surface area contributed by atoms with Crippen LogP contribution in [0.3, 0.4) is 0 Å². The monoisotopic (exact) mass is 922 g/mol. The van der Waals surface area contributed by atoms with Crippen molar-refractivity contribution >= 4 is 44.9 Å². The van der Waals surface area contributed by atoms with Crippen LogP contribution in [0.5, 0.6) is 0 Å². The third kappa shape index (κ3) is 7.09. The predicted molar refractivity (Wildman–Crippen MR) is 305 cm³/mol. The molecule has 0 atom stereocenters. The second-order valence-corrected chi connectivity index (χ2v) is 20.5. The van der Waals surface area contributed by atoms with Crippen LogP contribution in [-0.2, 0) is 10.8 Å². The lowest BCUT2D eigenvalue weighted by Gasteiger charge is -2.30. The van der Waals surface area contributed by atoms with E-state index in [-0.39, 0.29) is 10.8 Å². The lowest BCUT2D eigenvalue weighted by molar-refractivity contribution is 0.660. The van der Waals surface area contributed by atoms with E-state index in [2.05, 4.69) is 292 Å². The third-order valence-corrected chi connectivity index (χ3v) is 15.7. The van der Waals surface area contributed by atoms with Crippen molar-refractivity contribution < 1.29 is 0 Å². The van der Waals surface area contributed by atoms with Gasteiger partial charge in [-0.05, 0) is 150 Å². The van der Waals surface area contributed by atoms with Gasteiger partial charge in [0.2, 0.25) is 0 Å². The zero-order valence-electron chi connectivity index (χ0n) is 41.1. The smallest absolute Gasteiger partial charge is 0.0540 e. The van der Waals surface area contributed by atoms with Crippen LogP contribution in [0.2, 0.25) is 0 Å². The van der Waals surface area contributed by atoms with Crippen molar-refractivity contribution in [2.45, 2.75) is 38.5 Å². The molecule has 2 heteroatoms. The zero-order chi connectivity index (χ0) is 48.6. The minimum atomic E-state index is -0.138. The number of anilines is 6. The number of hydrogen-bond acceptors (Lipinski definition) is 2. The summed E-state index contributed by atoms with van der Waals surface area (Å²) < 4.78 is 0. The number of hydrogen-bond donors (Lipinski definition) is 0. The fourth-order valence-corrected chi connectivity index (χ4v) is 12.0. The Bertz CT molecular complexity index is 3860. The van der Waals surface area contributed by atoms with Crippen molar-refractivity contribution in [1.82, 2.24) is 0 Å². The van der Waals surface area contributed by atoms with Crippen molar-refractivity contribution in [3.8, 4) is 55.6 Å². The maximum atomic E-state index is 2.47. The second kappa shape index (κ2) is 17.0. The number of benzene rings is 11. The van der Waals surface area contributed by atoms with E-state index in [1.807, 2.05) is 0 Å². The minimum absolute atomic E-state index is 0.125. The van der Waals surface area contributed by atoms with E-state index in [0.29, 0.717) is 0 Å². The minimum Gasteiger partial charge on any atom is -0.310 e. The van der Waals surface area contributed by atoms with Crippen LogP contribution in [0.25, 0.3) is 66.4 Å². The SMILES string of the molecule is CC1(C)c2ccccc2-c2ccc(N(c3ccc(-c4ccc(N(c5cccc(-c6ccccc6)c5)c5ccc6c(c5)C(C)(C)c5ccccc5-6)c5ccccc45)cc3)c3cccc(-c4ccccc4)c3)cc21. The Balaban J connectivity index is 0.931. The van der Waals surface area contributed by atoms with Gasteiger partial charge in [0.1, 0.15) is 0 Å². The van der Waals surface area contributed by atoms with Gasteiger partial charge in [-0.25, -0.2) is 0 Å². The molecule has 0 N–H and O–H groups in total. The van der Waals surface area contributed by atoms with Gasteiger partial charge >= 0.3 is 0 Å². The van der Waals surface area contributed by atoms with E-state index in [1.54, 1.807) is 0 Å². The lowest BCUT2D eigenvalue weighted by Crippen LogP contribution is -2.16. The van der Waals surface area contributed by atoms with Crippen molar-refractivity contribution in [2.75, 3.05) is 9.80 Å². The van der Waals surface area contributed by atoms with Gasteiger partial charge in [0.15, 0.2) is 0 Å².